The second-order valence-electron chi connectivity index (χ2n) is 4.17. The van der Waals surface area contributed by atoms with Crippen molar-refractivity contribution in [2.24, 2.45) is 5.73 Å². The van der Waals surface area contributed by atoms with Gasteiger partial charge in [0.25, 0.3) is 11.5 Å². The lowest BCUT2D eigenvalue weighted by Crippen LogP contribution is -2.49. The Bertz CT molecular complexity index is 435. The number of nitrogens with one attached hydrogen (secondary N) is 2. The van der Waals surface area contributed by atoms with Crippen molar-refractivity contribution in [1.82, 2.24) is 10.3 Å². The van der Waals surface area contributed by atoms with Gasteiger partial charge in [-0.3, -0.25) is 9.59 Å². The van der Waals surface area contributed by atoms with E-state index in [0.717, 1.165) is 12.8 Å². The Balaban J connectivity index is 2.69. The van der Waals surface area contributed by atoms with Crippen LogP contribution in [-0.2, 0) is 0 Å². The van der Waals surface area contributed by atoms with Crippen LogP contribution in [0.1, 0.15) is 37.0 Å². The number of pyridine rings is 1. The molecule has 0 aliphatic heterocycles. The first kappa shape index (κ1) is 13.4. The quantitative estimate of drug-likeness (QED) is 0.701. The second-order valence-corrected chi connectivity index (χ2v) is 4.17. The van der Waals surface area contributed by atoms with Crippen molar-refractivity contribution in [2.45, 2.75) is 32.2 Å². The molecule has 0 spiro atoms. The number of rotatable bonds is 5. The van der Waals surface area contributed by atoms with Gasteiger partial charge in [-0.1, -0.05) is 13.8 Å². The number of carbonyl (C=O) groups excluding carboxylic acids is 1. The Morgan fingerprint density at radius 2 is 2.12 bits per heavy atom. The van der Waals surface area contributed by atoms with Crippen LogP contribution in [0.3, 0.4) is 0 Å². The standard InChI is InChI=1S/C12H19N3O2/c1-3-12(13,4-2)8-15-11(17)9-6-5-7-14-10(9)16/h5-7H,3-4,8,13H2,1-2H3,(H,14,16)(H,15,17). The number of hydrogen-bond donors (Lipinski definition) is 3. The highest BCUT2D eigenvalue weighted by molar-refractivity contribution is 5.93. The van der Waals surface area contributed by atoms with Crippen LogP contribution in [0.2, 0.25) is 0 Å². The van der Waals surface area contributed by atoms with Crippen LogP contribution in [0.4, 0.5) is 0 Å². The number of aromatic nitrogens is 1. The average molecular weight is 237 g/mol. The highest BCUT2D eigenvalue weighted by Gasteiger charge is 2.21. The molecular formula is C12H19N3O2. The van der Waals surface area contributed by atoms with Gasteiger partial charge in [-0.15, -0.1) is 0 Å². The van der Waals surface area contributed by atoms with Crippen molar-refractivity contribution in [1.29, 1.82) is 0 Å². The van der Waals surface area contributed by atoms with E-state index in [1.165, 1.54) is 12.3 Å². The highest BCUT2D eigenvalue weighted by atomic mass is 16.2. The molecule has 1 aromatic rings. The van der Waals surface area contributed by atoms with Crippen molar-refractivity contribution >= 4 is 5.91 Å². The summed E-state index contributed by atoms with van der Waals surface area (Å²) in [6.45, 7) is 4.32. The number of H-pyrrole nitrogens is 1. The molecule has 0 aliphatic rings. The third kappa shape index (κ3) is 3.42. The molecule has 5 nitrogen and oxygen atoms in total. The van der Waals surface area contributed by atoms with E-state index in [2.05, 4.69) is 10.3 Å². The molecule has 94 valence electrons. The molecule has 0 aromatic carbocycles. The number of aromatic amines is 1. The molecule has 0 aliphatic carbocycles. The molecule has 0 unspecified atom stereocenters. The normalized spacial score (nSPS) is 11.2. The zero-order chi connectivity index (χ0) is 12.9. The van der Waals surface area contributed by atoms with Crippen LogP contribution in [0.5, 0.6) is 0 Å². The lowest BCUT2D eigenvalue weighted by atomic mass is 9.94. The molecule has 17 heavy (non-hydrogen) atoms. The van der Waals surface area contributed by atoms with Gasteiger partial charge >= 0.3 is 0 Å². The fourth-order valence-corrected chi connectivity index (χ4v) is 1.45. The van der Waals surface area contributed by atoms with E-state index < -0.39 is 5.54 Å². The summed E-state index contributed by atoms with van der Waals surface area (Å²) in [7, 11) is 0. The number of hydrogen-bond acceptors (Lipinski definition) is 3. The summed E-state index contributed by atoms with van der Waals surface area (Å²) in [6.07, 6.45) is 3.04. The van der Waals surface area contributed by atoms with Crippen LogP contribution >= 0.6 is 0 Å². The van der Waals surface area contributed by atoms with Crippen LogP contribution in [0.25, 0.3) is 0 Å². The van der Waals surface area contributed by atoms with Gasteiger partial charge < -0.3 is 16.0 Å². The molecule has 0 saturated heterocycles. The fraction of sp³-hybridized carbons (Fsp3) is 0.500. The number of amides is 1. The third-order valence-corrected chi connectivity index (χ3v) is 3.07. The van der Waals surface area contributed by atoms with Gasteiger partial charge in [0.2, 0.25) is 0 Å². The van der Waals surface area contributed by atoms with Gasteiger partial charge in [-0.05, 0) is 25.0 Å². The minimum atomic E-state index is -0.406. The third-order valence-electron chi connectivity index (χ3n) is 3.07. The second kappa shape index (κ2) is 5.63. The molecule has 1 heterocycles. The molecule has 1 amide bonds. The van der Waals surface area contributed by atoms with Gasteiger partial charge in [0, 0.05) is 18.3 Å². The summed E-state index contributed by atoms with van der Waals surface area (Å²) in [5, 5.41) is 2.70. The fourth-order valence-electron chi connectivity index (χ4n) is 1.45. The summed E-state index contributed by atoms with van der Waals surface area (Å²) in [5.41, 5.74) is 5.38. The molecule has 1 rings (SSSR count). The van der Waals surface area contributed by atoms with Gasteiger partial charge in [0.15, 0.2) is 0 Å². The summed E-state index contributed by atoms with van der Waals surface area (Å²) in [4.78, 5) is 25.6. The van der Waals surface area contributed by atoms with E-state index in [-0.39, 0.29) is 17.0 Å². The SMILES string of the molecule is CCC(N)(CC)CNC(=O)c1ccc[nH]c1=O. The molecule has 0 fully saturated rings. The largest absolute Gasteiger partial charge is 0.350 e. The first-order valence-electron chi connectivity index (χ1n) is 5.77. The van der Waals surface area contributed by atoms with Crippen molar-refractivity contribution in [3.05, 3.63) is 34.2 Å². The minimum Gasteiger partial charge on any atom is -0.350 e. The number of carbonyl (C=O) groups is 1. The topological polar surface area (TPSA) is 88.0 Å². The predicted molar refractivity (Wildman–Crippen MR) is 66.9 cm³/mol. The summed E-state index contributed by atoms with van der Waals surface area (Å²) < 4.78 is 0. The van der Waals surface area contributed by atoms with Crippen molar-refractivity contribution in [2.75, 3.05) is 6.54 Å². The van der Waals surface area contributed by atoms with E-state index in [1.54, 1.807) is 6.07 Å². The number of nitrogens with two attached hydrogens (primary N) is 1. The maximum atomic E-state index is 11.8. The van der Waals surface area contributed by atoms with E-state index in [1.807, 2.05) is 13.8 Å². The monoisotopic (exact) mass is 237 g/mol. The predicted octanol–water partition coefficient (Wildman–Crippen LogP) is 0.622. The Labute approximate surface area is 100 Å². The average Bonchev–Trinajstić information content (AvgIpc) is 2.36. The minimum absolute atomic E-state index is 0.113. The Morgan fingerprint density at radius 3 is 2.65 bits per heavy atom. The Kier molecular flexibility index (Phi) is 4.45. The molecule has 0 radical (unpaired) electrons. The van der Waals surface area contributed by atoms with Gasteiger partial charge in [-0.2, -0.15) is 0 Å². The molecule has 1 aromatic heterocycles. The Morgan fingerprint density at radius 1 is 1.47 bits per heavy atom. The lowest BCUT2D eigenvalue weighted by molar-refractivity contribution is 0.0940. The van der Waals surface area contributed by atoms with Crippen LogP contribution in [0, 0.1) is 0 Å². The molecule has 4 N–H and O–H groups in total. The first-order chi connectivity index (χ1) is 8.02. The first-order valence-corrected chi connectivity index (χ1v) is 5.77. The van der Waals surface area contributed by atoms with E-state index in [4.69, 9.17) is 5.73 Å². The van der Waals surface area contributed by atoms with Gasteiger partial charge in [-0.25, -0.2) is 0 Å². The maximum absolute atomic E-state index is 11.8. The van der Waals surface area contributed by atoms with Crippen molar-refractivity contribution in [3.63, 3.8) is 0 Å². The molecular weight excluding hydrogens is 218 g/mol. The zero-order valence-corrected chi connectivity index (χ0v) is 10.2. The van der Waals surface area contributed by atoms with Crippen molar-refractivity contribution in [3.8, 4) is 0 Å². The van der Waals surface area contributed by atoms with Crippen LogP contribution < -0.4 is 16.6 Å². The van der Waals surface area contributed by atoms with Gasteiger partial charge in [0.05, 0.1) is 0 Å². The smallest absolute Gasteiger partial charge is 0.260 e. The van der Waals surface area contributed by atoms with E-state index in [0.29, 0.717) is 6.54 Å². The van der Waals surface area contributed by atoms with Gasteiger partial charge in [0.1, 0.15) is 5.56 Å². The van der Waals surface area contributed by atoms with Crippen LogP contribution in [-0.4, -0.2) is 23.0 Å². The van der Waals surface area contributed by atoms with E-state index >= 15 is 0 Å². The highest BCUT2D eigenvalue weighted by Crippen LogP contribution is 2.09. The summed E-state index contributed by atoms with van der Waals surface area (Å²) in [5.74, 6) is -0.386. The maximum Gasteiger partial charge on any atom is 0.260 e. The Hall–Kier alpha value is -1.62. The summed E-state index contributed by atoms with van der Waals surface area (Å²) in [6, 6.07) is 3.11. The molecule has 0 atom stereocenters. The molecule has 0 saturated carbocycles. The van der Waals surface area contributed by atoms with E-state index in [9.17, 15) is 9.59 Å². The summed E-state index contributed by atoms with van der Waals surface area (Å²) >= 11 is 0. The molecule has 0 bridgehead atoms. The zero-order valence-electron chi connectivity index (χ0n) is 10.2. The molecule has 5 heteroatoms. The van der Waals surface area contributed by atoms with Crippen molar-refractivity contribution < 1.29 is 4.79 Å². The van der Waals surface area contributed by atoms with Crippen LogP contribution in [0.15, 0.2) is 23.1 Å². The lowest BCUT2D eigenvalue weighted by Gasteiger charge is -2.26.